The molecule has 2 aromatic heterocycles. The summed E-state index contributed by atoms with van der Waals surface area (Å²) in [6.45, 7) is 0.361. The van der Waals surface area contributed by atoms with Gasteiger partial charge in [-0.15, -0.1) is 0 Å². The van der Waals surface area contributed by atoms with E-state index >= 15 is 0 Å². The lowest BCUT2D eigenvalue weighted by atomic mass is 10.2. The van der Waals surface area contributed by atoms with Crippen LogP contribution in [0.2, 0.25) is 0 Å². The molecule has 0 radical (unpaired) electrons. The molecule has 1 N–H and O–H groups in total. The molecular weight excluding hydrogens is 275 g/mol. The lowest BCUT2D eigenvalue weighted by Crippen LogP contribution is -2.03. The highest BCUT2D eigenvalue weighted by Gasteiger charge is 2.15. The van der Waals surface area contributed by atoms with E-state index in [0.717, 1.165) is 17.1 Å². The molecule has 0 spiro atoms. The second kappa shape index (κ2) is 5.20. The fourth-order valence-corrected chi connectivity index (χ4v) is 2.12. The van der Waals surface area contributed by atoms with E-state index in [0.29, 0.717) is 6.54 Å². The van der Waals surface area contributed by atoms with E-state index in [1.165, 1.54) is 12.1 Å². The number of nitrogens with zero attached hydrogens (tertiary/aromatic N) is 3. The first-order valence-electron chi connectivity index (χ1n) is 6.24. The summed E-state index contributed by atoms with van der Waals surface area (Å²) in [7, 11) is 0. The van der Waals surface area contributed by atoms with Crippen molar-refractivity contribution in [2.24, 2.45) is 0 Å². The van der Waals surface area contributed by atoms with E-state index in [4.69, 9.17) is 0 Å². The molecule has 0 saturated carbocycles. The zero-order valence-electron chi connectivity index (χ0n) is 10.9. The molecule has 0 atom stereocenters. The molecule has 7 heteroatoms. The van der Waals surface area contributed by atoms with Gasteiger partial charge in [0, 0.05) is 18.3 Å². The van der Waals surface area contributed by atoms with Gasteiger partial charge in [0.25, 0.3) is 5.69 Å². The Morgan fingerprint density at radius 2 is 2.19 bits per heavy atom. The van der Waals surface area contributed by atoms with Gasteiger partial charge in [-0.2, -0.15) is 5.10 Å². The normalized spacial score (nSPS) is 10.7. The van der Waals surface area contributed by atoms with Gasteiger partial charge in [0.2, 0.25) is 0 Å². The third-order valence-corrected chi connectivity index (χ3v) is 3.13. The first-order chi connectivity index (χ1) is 10.1. The van der Waals surface area contributed by atoms with Crippen molar-refractivity contribution in [2.75, 3.05) is 5.32 Å². The zero-order chi connectivity index (χ0) is 14.8. The molecule has 21 heavy (non-hydrogen) atoms. The maximum atomic E-state index is 13.1. The standard InChI is InChI=1S/C14H11FN4O2/c15-11-4-5-12(14(7-11)19(20)21)16-8-10-9-17-18-6-2-1-3-13(10)18/h1-7,9,16H,8H2. The number of pyridine rings is 1. The summed E-state index contributed by atoms with van der Waals surface area (Å²) >= 11 is 0. The summed E-state index contributed by atoms with van der Waals surface area (Å²) in [4.78, 5) is 10.3. The Labute approximate surface area is 119 Å². The lowest BCUT2D eigenvalue weighted by molar-refractivity contribution is -0.384. The zero-order valence-corrected chi connectivity index (χ0v) is 10.9. The summed E-state index contributed by atoms with van der Waals surface area (Å²) in [5.74, 6) is -0.636. The van der Waals surface area contributed by atoms with Crippen molar-refractivity contribution < 1.29 is 9.31 Å². The molecule has 1 aromatic carbocycles. The van der Waals surface area contributed by atoms with E-state index < -0.39 is 10.7 Å². The first-order valence-corrected chi connectivity index (χ1v) is 6.24. The summed E-state index contributed by atoms with van der Waals surface area (Å²) in [6, 6.07) is 9.11. The Hall–Kier alpha value is -2.96. The molecule has 0 aliphatic heterocycles. The highest BCUT2D eigenvalue weighted by atomic mass is 19.1. The van der Waals surface area contributed by atoms with Crippen LogP contribution in [0.4, 0.5) is 15.8 Å². The molecular formula is C14H11FN4O2. The van der Waals surface area contributed by atoms with Crippen molar-refractivity contribution in [3.8, 4) is 0 Å². The second-order valence-electron chi connectivity index (χ2n) is 4.47. The number of benzene rings is 1. The largest absolute Gasteiger partial charge is 0.375 e. The Morgan fingerprint density at radius 1 is 1.33 bits per heavy atom. The number of nitro benzene ring substituents is 1. The van der Waals surface area contributed by atoms with Crippen LogP contribution in [0.25, 0.3) is 5.52 Å². The van der Waals surface area contributed by atoms with Crippen LogP contribution in [0.1, 0.15) is 5.56 Å². The van der Waals surface area contributed by atoms with Crippen LogP contribution < -0.4 is 5.32 Å². The number of aromatic nitrogens is 2. The molecule has 106 valence electrons. The molecule has 3 rings (SSSR count). The summed E-state index contributed by atoms with van der Waals surface area (Å²) in [6.07, 6.45) is 3.51. The number of hydrogen-bond acceptors (Lipinski definition) is 4. The van der Waals surface area contributed by atoms with Gasteiger partial charge in [0.05, 0.1) is 22.7 Å². The highest BCUT2D eigenvalue weighted by molar-refractivity contribution is 5.63. The molecule has 0 amide bonds. The van der Waals surface area contributed by atoms with Crippen molar-refractivity contribution >= 4 is 16.9 Å². The Balaban J connectivity index is 1.87. The minimum atomic E-state index is -0.636. The maximum Gasteiger partial charge on any atom is 0.295 e. The smallest absolute Gasteiger partial charge is 0.295 e. The molecule has 0 saturated heterocycles. The molecule has 0 fully saturated rings. The quantitative estimate of drug-likeness (QED) is 0.591. The van der Waals surface area contributed by atoms with Crippen LogP contribution in [0.5, 0.6) is 0 Å². The SMILES string of the molecule is O=[N+]([O-])c1cc(F)ccc1NCc1cnn2ccccc12. The minimum absolute atomic E-state index is 0.275. The van der Waals surface area contributed by atoms with E-state index in [9.17, 15) is 14.5 Å². The van der Waals surface area contributed by atoms with Gasteiger partial charge in [0.1, 0.15) is 11.5 Å². The number of fused-ring (bicyclic) bond motifs is 1. The number of anilines is 1. The van der Waals surface area contributed by atoms with Crippen LogP contribution in [0.15, 0.2) is 48.8 Å². The number of nitro groups is 1. The average molecular weight is 286 g/mol. The van der Waals surface area contributed by atoms with E-state index in [1.807, 2.05) is 24.4 Å². The third-order valence-electron chi connectivity index (χ3n) is 3.13. The number of rotatable bonds is 4. The van der Waals surface area contributed by atoms with Gasteiger partial charge in [-0.1, -0.05) is 6.07 Å². The van der Waals surface area contributed by atoms with Crippen molar-refractivity contribution in [3.63, 3.8) is 0 Å². The van der Waals surface area contributed by atoms with Gasteiger partial charge in [-0.25, -0.2) is 8.91 Å². The molecule has 2 heterocycles. The third kappa shape index (κ3) is 2.53. The van der Waals surface area contributed by atoms with Crippen LogP contribution in [0.3, 0.4) is 0 Å². The van der Waals surface area contributed by atoms with Crippen LogP contribution in [0, 0.1) is 15.9 Å². The lowest BCUT2D eigenvalue weighted by Gasteiger charge is -2.06. The highest BCUT2D eigenvalue weighted by Crippen LogP contribution is 2.25. The van der Waals surface area contributed by atoms with Crippen LogP contribution >= 0.6 is 0 Å². The Morgan fingerprint density at radius 3 is 3.00 bits per heavy atom. The van der Waals surface area contributed by atoms with Gasteiger partial charge < -0.3 is 5.32 Å². The Bertz CT molecular complexity index is 816. The molecule has 0 bridgehead atoms. The fourth-order valence-electron chi connectivity index (χ4n) is 2.12. The van der Waals surface area contributed by atoms with Gasteiger partial charge in [-0.05, 0) is 24.3 Å². The van der Waals surface area contributed by atoms with E-state index in [2.05, 4.69) is 10.4 Å². The van der Waals surface area contributed by atoms with Gasteiger partial charge in [0.15, 0.2) is 0 Å². The van der Waals surface area contributed by atoms with Crippen molar-refractivity contribution in [2.45, 2.75) is 6.54 Å². The summed E-state index contributed by atoms with van der Waals surface area (Å²) < 4.78 is 14.8. The van der Waals surface area contributed by atoms with E-state index in [-0.39, 0.29) is 11.4 Å². The predicted molar refractivity (Wildman–Crippen MR) is 75.6 cm³/mol. The number of nitrogens with one attached hydrogen (secondary N) is 1. The number of halogens is 1. The van der Waals surface area contributed by atoms with Crippen molar-refractivity contribution in [1.29, 1.82) is 0 Å². The monoisotopic (exact) mass is 286 g/mol. The van der Waals surface area contributed by atoms with E-state index in [1.54, 1.807) is 10.7 Å². The van der Waals surface area contributed by atoms with Crippen LogP contribution in [-0.2, 0) is 6.54 Å². The molecule has 0 aliphatic rings. The predicted octanol–water partition coefficient (Wildman–Crippen LogP) is 2.99. The van der Waals surface area contributed by atoms with Crippen molar-refractivity contribution in [1.82, 2.24) is 9.61 Å². The van der Waals surface area contributed by atoms with Crippen molar-refractivity contribution in [3.05, 3.63) is 70.3 Å². The topological polar surface area (TPSA) is 72.5 Å². The van der Waals surface area contributed by atoms with Gasteiger partial charge >= 0.3 is 0 Å². The first kappa shape index (κ1) is 13.0. The summed E-state index contributed by atoms with van der Waals surface area (Å²) in [5, 5.41) is 18.1. The maximum absolute atomic E-state index is 13.1. The molecule has 0 aliphatic carbocycles. The Kier molecular flexibility index (Phi) is 3.23. The van der Waals surface area contributed by atoms with Crippen LogP contribution in [-0.4, -0.2) is 14.5 Å². The second-order valence-corrected chi connectivity index (χ2v) is 4.47. The molecule has 6 nitrogen and oxygen atoms in total. The number of hydrogen-bond donors (Lipinski definition) is 1. The summed E-state index contributed by atoms with van der Waals surface area (Å²) in [5.41, 5.74) is 1.80. The molecule has 0 unspecified atom stereocenters. The fraction of sp³-hybridized carbons (Fsp3) is 0.0714. The average Bonchev–Trinajstić information content (AvgIpc) is 2.89. The van der Waals surface area contributed by atoms with Gasteiger partial charge in [-0.3, -0.25) is 10.1 Å². The minimum Gasteiger partial charge on any atom is -0.375 e. The molecule has 3 aromatic rings.